The molecule has 11 nitrogen and oxygen atoms in total. The van der Waals surface area contributed by atoms with Crippen LogP contribution in [-0.2, 0) is 27.7 Å². The number of hydrogen-bond donors (Lipinski definition) is 3. The Labute approximate surface area is 234 Å². The number of benzene rings is 2. The molecule has 2 aromatic carbocycles. The van der Waals surface area contributed by atoms with E-state index in [-0.39, 0.29) is 17.9 Å². The van der Waals surface area contributed by atoms with Crippen LogP contribution in [0.25, 0.3) is 0 Å². The molecule has 1 aliphatic carbocycles. The van der Waals surface area contributed by atoms with Gasteiger partial charge in [0.2, 0.25) is 0 Å². The van der Waals surface area contributed by atoms with E-state index >= 15 is 0 Å². The third-order valence-electron chi connectivity index (χ3n) is 8.46. The molecule has 2 fully saturated rings. The third-order valence-corrected chi connectivity index (χ3v) is 8.46. The Kier molecular flexibility index (Phi) is 7.54. The molecule has 3 heterocycles. The van der Waals surface area contributed by atoms with Gasteiger partial charge >= 0.3 is 0 Å². The van der Waals surface area contributed by atoms with Crippen molar-refractivity contribution < 1.29 is 19.1 Å². The monoisotopic (exact) mass is 547 g/mol. The van der Waals surface area contributed by atoms with E-state index in [1.54, 1.807) is 0 Å². The third kappa shape index (κ3) is 4.87. The lowest BCUT2D eigenvalue weighted by Gasteiger charge is -2.40. The van der Waals surface area contributed by atoms with E-state index in [0.29, 0.717) is 70.2 Å². The maximum atomic E-state index is 13.4. The van der Waals surface area contributed by atoms with Gasteiger partial charge in [0.05, 0.1) is 31.8 Å². The van der Waals surface area contributed by atoms with Crippen LogP contribution in [0.5, 0.6) is 0 Å². The van der Waals surface area contributed by atoms with Crippen LogP contribution in [0.4, 0.5) is 0 Å². The van der Waals surface area contributed by atoms with Gasteiger partial charge in [-0.1, -0.05) is 17.4 Å². The topological polar surface area (TPSA) is 134 Å². The average Bonchev–Trinajstić information content (AvgIpc) is 3.50. The van der Waals surface area contributed by atoms with Crippen LogP contribution < -0.4 is 16.7 Å². The normalized spacial score (nSPS) is 22.6. The number of nitrogens with one attached hydrogen (secondary N) is 2. The minimum Gasteiger partial charge on any atom is -0.378 e. The number of hydrogen-bond acceptors (Lipinski definition) is 9. The molecule has 0 bridgehead atoms. The number of nitrogens with zero attached hydrogens (tertiary/aromatic N) is 4. The number of amides is 2. The summed E-state index contributed by atoms with van der Waals surface area (Å²) >= 11 is 0. The highest BCUT2D eigenvalue weighted by molar-refractivity contribution is 5.95. The standard InChI is InChI=1S/C29H37N7O4/c1-19(30)18-29(28-31-33-34-32-28)24-6-4-22(26(37)35-8-12-39-13-9-35)16-20(24)2-3-21-17-23(5-7-25(21)29)27(38)36-10-14-40-15-11-36/h4-7,16-17,19,28H,2-3,8-15,18,30H2,1H3,(H,31,34)(H,32,33)/t19-/m0/s1. The molecule has 0 aromatic heterocycles. The Balaban J connectivity index is 1.45. The minimum atomic E-state index is -0.663. The average molecular weight is 548 g/mol. The van der Waals surface area contributed by atoms with E-state index in [2.05, 4.69) is 33.4 Å². The maximum Gasteiger partial charge on any atom is 0.254 e. The summed E-state index contributed by atoms with van der Waals surface area (Å²) in [7, 11) is 0. The van der Waals surface area contributed by atoms with Gasteiger partial charge in [0.1, 0.15) is 0 Å². The number of aryl methyl sites for hydroxylation is 2. The van der Waals surface area contributed by atoms with Crippen molar-refractivity contribution >= 4 is 11.8 Å². The summed E-state index contributed by atoms with van der Waals surface area (Å²) in [6, 6.07) is 11.9. The van der Waals surface area contributed by atoms with Gasteiger partial charge in [-0.05, 0) is 72.7 Å². The van der Waals surface area contributed by atoms with Crippen LogP contribution in [-0.4, -0.2) is 86.4 Å². The zero-order valence-electron chi connectivity index (χ0n) is 22.9. The molecule has 11 heteroatoms. The first kappa shape index (κ1) is 26.8. The van der Waals surface area contributed by atoms with Crippen molar-refractivity contribution in [1.29, 1.82) is 0 Å². The van der Waals surface area contributed by atoms with Crippen molar-refractivity contribution in [3.8, 4) is 0 Å². The van der Waals surface area contributed by atoms with E-state index in [4.69, 9.17) is 15.2 Å². The van der Waals surface area contributed by atoms with Crippen LogP contribution in [0.15, 0.2) is 46.7 Å². The summed E-state index contributed by atoms with van der Waals surface area (Å²) in [5.41, 5.74) is 17.6. The van der Waals surface area contributed by atoms with Gasteiger partial charge in [-0.3, -0.25) is 9.59 Å². The van der Waals surface area contributed by atoms with Crippen molar-refractivity contribution in [2.45, 2.75) is 43.8 Å². The van der Waals surface area contributed by atoms with Crippen LogP contribution >= 0.6 is 0 Å². The Morgan fingerprint density at radius 1 is 0.925 bits per heavy atom. The Bertz CT molecular complexity index is 1220. The number of nitrogens with two attached hydrogens (primary N) is 1. The first-order valence-electron chi connectivity index (χ1n) is 14.1. The molecule has 2 aromatic rings. The molecule has 212 valence electrons. The second-order valence-electron chi connectivity index (χ2n) is 11.1. The van der Waals surface area contributed by atoms with Crippen molar-refractivity contribution in [2.75, 3.05) is 52.6 Å². The second kappa shape index (κ2) is 11.2. The van der Waals surface area contributed by atoms with Crippen molar-refractivity contribution in [2.24, 2.45) is 16.1 Å². The van der Waals surface area contributed by atoms with Crippen LogP contribution in [0.3, 0.4) is 0 Å². The molecule has 0 radical (unpaired) electrons. The van der Waals surface area contributed by atoms with Crippen molar-refractivity contribution in [1.82, 2.24) is 20.8 Å². The Hall–Kier alpha value is -3.38. The number of fused-ring (bicyclic) bond motifs is 2. The summed E-state index contributed by atoms with van der Waals surface area (Å²) in [6.07, 6.45) is 1.62. The van der Waals surface area contributed by atoms with Gasteiger partial charge < -0.3 is 25.0 Å². The molecule has 40 heavy (non-hydrogen) atoms. The zero-order chi connectivity index (χ0) is 27.7. The van der Waals surface area contributed by atoms with Gasteiger partial charge in [0, 0.05) is 43.3 Å². The van der Waals surface area contributed by atoms with Gasteiger partial charge in [-0.25, -0.2) is 5.53 Å². The fourth-order valence-corrected chi connectivity index (χ4v) is 6.61. The predicted octanol–water partition coefficient (Wildman–Crippen LogP) is 1.55. The molecule has 0 saturated carbocycles. The number of ether oxygens (including phenoxy) is 2. The molecule has 2 amide bonds. The molecule has 2 atom stereocenters. The van der Waals surface area contributed by atoms with E-state index in [1.165, 1.54) is 0 Å². The molecule has 1 unspecified atom stereocenters. The van der Waals surface area contributed by atoms with E-state index in [9.17, 15) is 9.59 Å². The highest BCUT2D eigenvalue weighted by atomic mass is 16.5. The number of hydrazine groups is 1. The molecular weight excluding hydrogens is 510 g/mol. The summed E-state index contributed by atoms with van der Waals surface area (Å²) in [5, 5.41) is 8.62. The molecular formula is C29H37N7O4. The quantitative estimate of drug-likeness (QED) is 0.517. The highest BCUT2D eigenvalue weighted by Crippen LogP contribution is 2.47. The van der Waals surface area contributed by atoms with Gasteiger partial charge in [0.15, 0.2) is 6.17 Å². The summed E-state index contributed by atoms with van der Waals surface area (Å²) < 4.78 is 10.9. The van der Waals surface area contributed by atoms with E-state index in [1.807, 2.05) is 41.0 Å². The van der Waals surface area contributed by atoms with Gasteiger partial charge in [-0.2, -0.15) is 5.43 Å². The number of carbonyl (C=O) groups excluding carboxylic acids is 2. The Morgan fingerprint density at radius 2 is 1.43 bits per heavy atom. The highest BCUT2D eigenvalue weighted by Gasteiger charge is 2.48. The lowest BCUT2D eigenvalue weighted by molar-refractivity contribution is 0.0301. The van der Waals surface area contributed by atoms with Crippen LogP contribution in [0.2, 0.25) is 0 Å². The molecule has 4 N–H and O–H groups in total. The lowest BCUT2D eigenvalue weighted by atomic mass is 9.66. The predicted molar refractivity (Wildman–Crippen MR) is 148 cm³/mol. The maximum absolute atomic E-state index is 13.4. The summed E-state index contributed by atoms with van der Waals surface area (Å²) in [5.74, 6) is 0.0359. The molecule has 0 spiro atoms. The summed E-state index contributed by atoms with van der Waals surface area (Å²) in [4.78, 5) is 30.5. The van der Waals surface area contributed by atoms with E-state index < -0.39 is 11.6 Å². The SMILES string of the molecule is C[C@H](N)CC1(C2N=NNN2)c2ccc(C(=O)N3CCOCC3)cc2CCc2cc(C(=O)N3CCOCC3)ccc21. The first-order valence-corrected chi connectivity index (χ1v) is 14.1. The fraction of sp³-hybridized carbons (Fsp3) is 0.517. The molecule has 4 aliphatic rings. The van der Waals surface area contributed by atoms with Crippen LogP contribution in [0, 0.1) is 0 Å². The summed E-state index contributed by atoms with van der Waals surface area (Å²) in [6.45, 7) is 6.59. The first-order chi connectivity index (χ1) is 19.5. The Morgan fingerprint density at radius 3 is 1.85 bits per heavy atom. The fourth-order valence-electron chi connectivity index (χ4n) is 6.61. The van der Waals surface area contributed by atoms with Crippen molar-refractivity contribution in [3.63, 3.8) is 0 Å². The second-order valence-corrected chi connectivity index (χ2v) is 11.1. The van der Waals surface area contributed by atoms with E-state index in [0.717, 1.165) is 35.1 Å². The number of carbonyl (C=O) groups is 2. The lowest BCUT2D eigenvalue weighted by Crippen LogP contribution is -2.51. The largest absolute Gasteiger partial charge is 0.378 e. The van der Waals surface area contributed by atoms with Gasteiger partial charge in [0.25, 0.3) is 11.8 Å². The number of rotatable bonds is 5. The zero-order valence-corrected chi connectivity index (χ0v) is 22.9. The minimum absolute atomic E-state index is 0.0180. The van der Waals surface area contributed by atoms with Gasteiger partial charge in [-0.15, -0.1) is 5.11 Å². The van der Waals surface area contributed by atoms with Crippen molar-refractivity contribution in [3.05, 3.63) is 69.8 Å². The molecule has 6 rings (SSSR count). The smallest absolute Gasteiger partial charge is 0.254 e. The molecule has 3 aliphatic heterocycles. The van der Waals surface area contributed by atoms with Crippen LogP contribution in [0.1, 0.15) is 56.3 Å². The molecule has 2 saturated heterocycles. The number of morpholine rings is 2.